The molecule has 0 radical (unpaired) electrons. The lowest BCUT2D eigenvalue weighted by Gasteiger charge is -2.14. The summed E-state index contributed by atoms with van der Waals surface area (Å²) in [5.41, 5.74) is 0.262. The van der Waals surface area contributed by atoms with Gasteiger partial charge in [0.25, 0.3) is 0 Å². The first-order chi connectivity index (χ1) is 4.88. The van der Waals surface area contributed by atoms with Gasteiger partial charge in [-0.15, -0.1) is 0 Å². The Bertz CT molecular complexity index is 217. The first kappa shape index (κ1) is 6.67. The maximum absolute atomic E-state index is 11.9. The molecule has 0 saturated carbocycles. The fraction of sp³-hybridized carbons (Fsp3) is 0. The van der Waals surface area contributed by atoms with Crippen LogP contribution in [0.1, 0.15) is 0 Å². The van der Waals surface area contributed by atoms with Gasteiger partial charge in [-0.25, -0.2) is 4.39 Å². The van der Waals surface area contributed by atoms with E-state index in [1.807, 2.05) is 0 Å². The molecule has 3 nitrogen and oxygen atoms in total. The maximum Gasteiger partial charge on any atom is 0.112 e. The van der Waals surface area contributed by atoms with Gasteiger partial charge in [0.2, 0.25) is 0 Å². The highest BCUT2D eigenvalue weighted by molar-refractivity contribution is 5.83. The first-order valence-electron chi connectivity index (χ1n) is 2.67. The average molecular weight is 139 g/mol. The lowest BCUT2D eigenvalue weighted by molar-refractivity contribution is 0.653. The number of allylic oxidation sites excluding steroid dienone is 1. The Morgan fingerprint density at radius 1 is 1.70 bits per heavy atom. The molecule has 4 heteroatoms. The van der Waals surface area contributed by atoms with Crippen LogP contribution in [0, 0.1) is 5.41 Å². The van der Waals surface area contributed by atoms with E-state index in [4.69, 9.17) is 5.41 Å². The summed E-state index contributed by atoms with van der Waals surface area (Å²) in [6, 6.07) is 0. The van der Waals surface area contributed by atoms with Crippen LogP contribution < -0.4 is 0 Å². The van der Waals surface area contributed by atoms with E-state index < -0.39 is 0 Å². The lowest BCUT2D eigenvalue weighted by atomic mass is 10.4. The van der Waals surface area contributed by atoms with Crippen molar-refractivity contribution in [2.24, 2.45) is 4.99 Å². The van der Waals surface area contributed by atoms with Crippen molar-refractivity contribution in [3.05, 3.63) is 24.4 Å². The van der Waals surface area contributed by atoms with Crippen LogP contribution in [-0.2, 0) is 0 Å². The molecule has 1 N–H and O–H groups in total. The molecule has 1 rings (SSSR count). The van der Waals surface area contributed by atoms with Gasteiger partial charge in [-0.1, -0.05) is 0 Å². The molecule has 1 aliphatic heterocycles. The second kappa shape index (κ2) is 2.91. The molecule has 0 aromatic carbocycles. The van der Waals surface area contributed by atoms with E-state index in [2.05, 4.69) is 4.99 Å². The second-order valence-corrected chi connectivity index (χ2v) is 1.65. The van der Waals surface area contributed by atoms with Crippen LogP contribution in [0.25, 0.3) is 0 Å². The predicted molar refractivity (Wildman–Crippen MR) is 37.4 cm³/mol. The Morgan fingerprint density at radius 3 is 3.00 bits per heavy atom. The summed E-state index contributed by atoms with van der Waals surface area (Å²) in [4.78, 5) is 4.98. The lowest BCUT2D eigenvalue weighted by Crippen LogP contribution is -2.16. The molecule has 1 heterocycles. The van der Waals surface area contributed by atoms with Crippen molar-refractivity contribution in [3.63, 3.8) is 0 Å². The molecule has 0 aliphatic carbocycles. The summed E-state index contributed by atoms with van der Waals surface area (Å²) in [7, 11) is 0. The van der Waals surface area contributed by atoms with Crippen LogP contribution in [0.2, 0.25) is 0 Å². The van der Waals surface area contributed by atoms with Crippen molar-refractivity contribution in [1.82, 2.24) is 4.90 Å². The van der Waals surface area contributed by atoms with Gasteiger partial charge in [0.05, 0.1) is 18.3 Å². The third-order valence-corrected chi connectivity index (χ3v) is 1.07. The highest BCUT2D eigenvalue weighted by Gasteiger charge is 2.02. The van der Waals surface area contributed by atoms with Crippen LogP contribution in [-0.4, -0.2) is 17.5 Å². The van der Waals surface area contributed by atoms with Crippen LogP contribution >= 0.6 is 0 Å². The number of rotatable bonds is 1. The first-order valence-corrected chi connectivity index (χ1v) is 2.67. The molecule has 0 saturated heterocycles. The Balaban J connectivity index is 2.83. The van der Waals surface area contributed by atoms with Crippen LogP contribution in [0.3, 0.4) is 0 Å². The second-order valence-electron chi connectivity index (χ2n) is 1.65. The minimum atomic E-state index is 0.262. The summed E-state index contributed by atoms with van der Waals surface area (Å²) in [6.07, 6.45) is 5.73. The van der Waals surface area contributed by atoms with Crippen molar-refractivity contribution >= 4 is 12.6 Å². The molecule has 0 aromatic rings. The summed E-state index contributed by atoms with van der Waals surface area (Å²) in [6.45, 7) is 0. The van der Waals surface area contributed by atoms with Crippen LogP contribution in [0.5, 0.6) is 0 Å². The van der Waals surface area contributed by atoms with Gasteiger partial charge in [-0.2, -0.15) is 0 Å². The zero-order valence-electron chi connectivity index (χ0n) is 5.16. The van der Waals surface area contributed by atoms with Gasteiger partial charge in [0.1, 0.15) is 6.33 Å². The van der Waals surface area contributed by atoms with Gasteiger partial charge in [-0.05, 0) is 0 Å². The summed E-state index contributed by atoms with van der Waals surface area (Å²) >= 11 is 0. The zero-order chi connectivity index (χ0) is 7.40. The molecule has 0 spiro atoms. The van der Waals surface area contributed by atoms with E-state index in [9.17, 15) is 4.39 Å². The number of aliphatic imine (C=N–C) groups is 1. The van der Waals surface area contributed by atoms with E-state index >= 15 is 0 Å². The highest BCUT2D eigenvalue weighted by atomic mass is 19.1. The molecular formula is C6H6FN3. The number of hydrogen-bond acceptors (Lipinski definition) is 2. The molecule has 52 valence electrons. The topological polar surface area (TPSA) is 39.5 Å². The molecule has 0 aromatic heterocycles. The van der Waals surface area contributed by atoms with Gasteiger partial charge in [0.15, 0.2) is 0 Å². The van der Waals surface area contributed by atoms with Crippen molar-refractivity contribution in [1.29, 1.82) is 5.41 Å². The molecule has 0 amide bonds. The third-order valence-electron chi connectivity index (χ3n) is 1.07. The van der Waals surface area contributed by atoms with Gasteiger partial charge >= 0.3 is 0 Å². The summed E-state index contributed by atoms with van der Waals surface area (Å²) in [5.74, 6) is 0. The highest BCUT2D eigenvalue weighted by Crippen LogP contribution is 2.04. The largest absolute Gasteiger partial charge is 0.303 e. The minimum absolute atomic E-state index is 0.262. The fourth-order valence-electron chi connectivity index (χ4n) is 0.585. The Morgan fingerprint density at radius 2 is 2.50 bits per heavy atom. The third kappa shape index (κ3) is 1.10. The molecule has 0 unspecified atom stereocenters. The Labute approximate surface area is 57.7 Å². The number of halogens is 1. The average Bonchev–Trinajstić information content (AvgIpc) is 2.04. The zero-order valence-corrected chi connectivity index (χ0v) is 5.16. The Hall–Kier alpha value is -1.45. The van der Waals surface area contributed by atoms with Crippen LogP contribution in [0.15, 0.2) is 29.4 Å². The number of nitrogens with zero attached hydrogens (tertiary/aromatic N) is 2. The molecule has 0 atom stereocenters. The standard InChI is InChI=1S/C6H6FN3/c7-3-6-4-9-1-2-10(6)5-8/h1-5,8H/b6-3-,8-5?. The smallest absolute Gasteiger partial charge is 0.112 e. The van der Waals surface area contributed by atoms with Crippen molar-refractivity contribution in [3.8, 4) is 0 Å². The van der Waals surface area contributed by atoms with Gasteiger partial charge < -0.3 is 4.90 Å². The predicted octanol–water partition coefficient (Wildman–Crippen LogP) is 1.26. The number of nitrogens with one attached hydrogen (secondary N) is 1. The molecular weight excluding hydrogens is 133 g/mol. The molecule has 0 bridgehead atoms. The molecule has 0 fully saturated rings. The van der Waals surface area contributed by atoms with E-state index in [0.717, 1.165) is 6.34 Å². The van der Waals surface area contributed by atoms with E-state index in [0.29, 0.717) is 6.33 Å². The SMILES string of the molecule is N=CN1C=CN=C/C1=C/F. The number of hydrogen-bond donors (Lipinski definition) is 1. The summed E-state index contributed by atoms with van der Waals surface area (Å²) < 4.78 is 11.9. The normalized spacial score (nSPS) is 20.1. The van der Waals surface area contributed by atoms with Crippen LogP contribution in [0.4, 0.5) is 4.39 Å². The minimum Gasteiger partial charge on any atom is -0.303 e. The fourth-order valence-corrected chi connectivity index (χ4v) is 0.585. The van der Waals surface area contributed by atoms with Crippen molar-refractivity contribution < 1.29 is 4.39 Å². The van der Waals surface area contributed by atoms with Gasteiger partial charge in [-0.3, -0.25) is 10.4 Å². The monoisotopic (exact) mass is 139 g/mol. The van der Waals surface area contributed by atoms with Crippen molar-refractivity contribution in [2.45, 2.75) is 0 Å². The molecule has 1 aliphatic rings. The molecule has 10 heavy (non-hydrogen) atoms. The van der Waals surface area contributed by atoms with E-state index in [1.54, 1.807) is 0 Å². The maximum atomic E-state index is 11.9. The Kier molecular flexibility index (Phi) is 1.94. The van der Waals surface area contributed by atoms with E-state index in [-0.39, 0.29) is 5.70 Å². The quantitative estimate of drug-likeness (QED) is 0.431. The van der Waals surface area contributed by atoms with Gasteiger partial charge in [0, 0.05) is 12.4 Å². The van der Waals surface area contributed by atoms with Crippen molar-refractivity contribution in [2.75, 3.05) is 0 Å². The van der Waals surface area contributed by atoms with E-state index in [1.165, 1.54) is 23.5 Å². The summed E-state index contributed by atoms with van der Waals surface area (Å²) in [5, 5.41) is 6.81.